The van der Waals surface area contributed by atoms with Crippen LogP contribution >= 0.6 is 0 Å². The van der Waals surface area contributed by atoms with Crippen LogP contribution in [0.5, 0.6) is 0 Å². The number of nitrogens with one attached hydrogen (secondary N) is 2. The summed E-state index contributed by atoms with van der Waals surface area (Å²) in [7, 11) is 0. The Balaban J connectivity index is 1.92. The largest absolute Gasteiger partial charge is 0.387 e. The van der Waals surface area contributed by atoms with E-state index >= 15 is 0 Å². The first-order chi connectivity index (χ1) is 14.1. The second kappa shape index (κ2) is 8.31. The molecule has 30 heavy (non-hydrogen) atoms. The summed E-state index contributed by atoms with van der Waals surface area (Å²) < 4.78 is 28.8. The molecule has 3 N–H and O–H groups in total. The molecule has 0 unspecified atom stereocenters. The van der Waals surface area contributed by atoms with Gasteiger partial charge in [-0.2, -0.15) is 5.10 Å². The molecule has 0 saturated carbocycles. The average Bonchev–Trinajstić information content (AvgIpc) is 3.07. The number of rotatable bonds is 7. The highest BCUT2D eigenvalue weighted by atomic mass is 19.1. The van der Waals surface area contributed by atoms with Gasteiger partial charge in [-0.25, -0.2) is 18.3 Å². The molecule has 0 aliphatic carbocycles. The molecule has 3 aromatic heterocycles. The molecule has 160 valence electrons. The van der Waals surface area contributed by atoms with Gasteiger partial charge >= 0.3 is 0 Å². The molecule has 3 rings (SSSR count). The summed E-state index contributed by atoms with van der Waals surface area (Å²) in [5.74, 6) is -1.03. The second-order valence-electron chi connectivity index (χ2n) is 7.83. The number of anilines is 1. The number of aromatic nitrogens is 4. The van der Waals surface area contributed by atoms with Crippen LogP contribution in [-0.2, 0) is 0 Å². The van der Waals surface area contributed by atoms with Crippen LogP contribution in [0.3, 0.4) is 0 Å². The summed E-state index contributed by atoms with van der Waals surface area (Å²) in [5, 5.41) is 19.4. The van der Waals surface area contributed by atoms with Gasteiger partial charge in [0.15, 0.2) is 5.65 Å². The van der Waals surface area contributed by atoms with Crippen molar-refractivity contribution in [3.8, 4) is 11.4 Å². The lowest BCUT2D eigenvalue weighted by Crippen LogP contribution is -2.42. The minimum atomic E-state index is -1.63. The first kappa shape index (κ1) is 21.6. The Bertz CT molecular complexity index is 1060. The molecule has 0 saturated heterocycles. The highest BCUT2D eigenvalue weighted by Crippen LogP contribution is 2.25. The van der Waals surface area contributed by atoms with Crippen LogP contribution in [0.15, 0.2) is 30.7 Å². The van der Waals surface area contributed by atoms with Crippen molar-refractivity contribution in [3.05, 3.63) is 42.1 Å². The van der Waals surface area contributed by atoms with Gasteiger partial charge in [0, 0.05) is 18.3 Å². The Morgan fingerprint density at radius 1 is 1.23 bits per heavy atom. The number of pyridine rings is 1. The number of halogens is 2. The lowest BCUT2D eigenvalue weighted by Gasteiger charge is -2.23. The molecule has 0 radical (unpaired) electrons. The quantitative estimate of drug-likeness (QED) is 0.545. The number of amides is 1. The molecule has 0 aliphatic heterocycles. The van der Waals surface area contributed by atoms with Crippen molar-refractivity contribution in [2.24, 2.45) is 0 Å². The Morgan fingerprint density at radius 2 is 1.97 bits per heavy atom. The Kier molecular flexibility index (Phi) is 5.97. The number of carbonyl (C=O) groups excluding carboxylic acids is 1. The first-order valence-corrected chi connectivity index (χ1v) is 9.47. The van der Waals surface area contributed by atoms with E-state index in [2.05, 4.69) is 25.7 Å². The number of alkyl halides is 1. The van der Waals surface area contributed by atoms with Crippen molar-refractivity contribution < 1.29 is 18.7 Å². The van der Waals surface area contributed by atoms with Crippen LogP contribution in [0.1, 0.15) is 38.1 Å². The van der Waals surface area contributed by atoms with Gasteiger partial charge in [0.1, 0.15) is 17.7 Å². The van der Waals surface area contributed by atoms with Crippen LogP contribution in [0.4, 0.5) is 14.5 Å². The van der Waals surface area contributed by atoms with E-state index in [1.54, 1.807) is 6.07 Å². The normalized spacial score (nSPS) is 12.9. The van der Waals surface area contributed by atoms with Gasteiger partial charge in [0.05, 0.1) is 41.5 Å². The van der Waals surface area contributed by atoms with Gasteiger partial charge in [-0.3, -0.25) is 9.78 Å². The van der Waals surface area contributed by atoms with Crippen molar-refractivity contribution in [2.75, 3.05) is 11.9 Å². The third kappa shape index (κ3) is 4.70. The summed E-state index contributed by atoms with van der Waals surface area (Å²) in [5.41, 5.74) is 0.471. The predicted octanol–water partition coefficient (Wildman–Crippen LogP) is 2.59. The molecule has 8 nitrogen and oxygen atoms in total. The Labute approximate surface area is 172 Å². The third-order valence-corrected chi connectivity index (χ3v) is 4.39. The van der Waals surface area contributed by atoms with E-state index < -0.39 is 23.5 Å². The molecule has 0 fully saturated rings. The molecular weight excluding hydrogens is 394 g/mol. The van der Waals surface area contributed by atoms with Crippen molar-refractivity contribution in [1.82, 2.24) is 24.9 Å². The van der Waals surface area contributed by atoms with Crippen molar-refractivity contribution in [1.29, 1.82) is 0 Å². The molecule has 10 heteroatoms. The topological polar surface area (TPSA) is 104 Å². The zero-order valence-electron chi connectivity index (χ0n) is 17.1. The second-order valence-corrected chi connectivity index (χ2v) is 7.83. The fraction of sp³-hybridized carbons (Fsp3) is 0.400. The summed E-state index contributed by atoms with van der Waals surface area (Å²) in [6.45, 7) is 6.15. The highest BCUT2D eigenvalue weighted by Gasteiger charge is 2.27. The van der Waals surface area contributed by atoms with Crippen LogP contribution in [0, 0.1) is 5.82 Å². The van der Waals surface area contributed by atoms with Crippen LogP contribution in [-0.4, -0.2) is 55.0 Å². The van der Waals surface area contributed by atoms with E-state index in [1.165, 1.54) is 36.8 Å². The Morgan fingerprint density at radius 3 is 2.63 bits per heavy atom. The van der Waals surface area contributed by atoms with E-state index in [4.69, 9.17) is 0 Å². The lowest BCUT2D eigenvalue weighted by atomic mass is 10.0. The molecule has 0 spiro atoms. The van der Waals surface area contributed by atoms with Crippen molar-refractivity contribution in [2.45, 2.75) is 45.5 Å². The number of hydrogen-bond donors (Lipinski definition) is 3. The molecule has 1 amide bonds. The van der Waals surface area contributed by atoms with E-state index in [0.717, 1.165) is 6.20 Å². The molecule has 0 aliphatic rings. The van der Waals surface area contributed by atoms with Crippen LogP contribution in [0.25, 0.3) is 17.0 Å². The molecule has 0 bridgehead atoms. The van der Waals surface area contributed by atoms with E-state index in [0.29, 0.717) is 22.7 Å². The van der Waals surface area contributed by atoms with Gasteiger partial charge in [-0.05, 0) is 33.8 Å². The number of imidazole rings is 1. The van der Waals surface area contributed by atoms with Crippen molar-refractivity contribution in [3.63, 3.8) is 0 Å². The van der Waals surface area contributed by atoms with Gasteiger partial charge in [0.2, 0.25) is 0 Å². The monoisotopic (exact) mass is 418 g/mol. The highest BCUT2D eigenvalue weighted by molar-refractivity contribution is 6.00. The fourth-order valence-corrected chi connectivity index (χ4v) is 2.76. The molecule has 1 atom stereocenters. The third-order valence-electron chi connectivity index (χ3n) is 4.39. The molecule has 0 aromatic carbocycles. The van der Waals surface area contributed by atoms with E-state index in [9.17, 15) is 18.7 Å². The molecule has 3 aromatic rings. The standard InChI is InChI=1S/C20H24F2N6O2/c1-11(2)27-14-6-15(16-9-24-18-5-12(21)7-26-28(16)18)23-8-13(14)19(29)25-10-17(22)20(3,4)30/h5-9,11,17,30H,10H2,1-4H3,(H,23,27)(H,25,29)/t17-/m0/s1. The van der Waals surface area contributed by atoms with Gasteiger partial charge in [-0.15, -0.1) is 0 Å². The molecule has 3 heterocycles. The summed E-state index contributed by atoms with van der Waals surface area (Å²) in [6.07, 6.45) is 2.33. The fourth-order valence-electron chi connectivity index (χ4n) is 2.76. The minimum absolute atomic E-state index is 0.00602. The van der Waals surface area contributed by atoms with E-state index in [-0.39, 0.29) is 18.2 Å². The van der Waals surface area contributed by atoms with Crippen LogP contribution in [0.2, 0.25) is 0 Å². The summed E-state index contributed by atoms with van der Waals surface area (Å²) >= 11 is 0. The number of aliphatic hydroxyl groups is 1. The number of carbonyl (C=O) groups is 1. The molecular formula is C20H24F2N6O2. The lowest BCUT2D eigenvalue weighted by molar-refractivity contribution is -0.00177. The summed E-state index contributed by atoms with van der Waals surface area (Å²) in [6, 6.07) is 2.92. The maximum absolute atomic E-state index is 14.0. The first-order valence-electron chi connectivity index (χ1n) is 9.47. The van der Waals surface area contributed by atoms with Crippen LogP contribution < -0.4 is 10.6 Å². The van der Waals surface area contributed by atoms with Gasteiger partial charge in [-0.1, -0.05) is 0 Å². The Hall–Kier alpha value is -3.14. The van der Waals surface area contributed by atoms with Gasteiger partial charge < -0.3 is 15.7 Å². The smallest absolute Gasteiger partial charge is 0.255 e. The minimum Gasteiger partial charge on any atom is -0.387 e. The maximum atomic E-state index is 14.0. The SMILES string of the molecule is CC(C)Nc1cc(-c2cnc3cc(F)cnn23)ncc1C(=O)NC[C@H](F)C(C)(C)O. The number of fused-ring (bicyclic) bond motifs is 1. The van der Waals surface area contributed by atoms with Crippen molar-refractivity contribution >= 4 is 17.2 Å². The zero-order chi connectivity index (χ0) is 22.1. The van der Waals surface area contributed by atoms with E-state index in [1.807, 2.05) is 13.8 Å². The zero-order valence-corrected chi connectivity index (χ0v) is 17.1. The summed E-state index contributed by atoms with van der Waals surface area (Å²) in [4.78, 5) is 21.1. The van der Waals surface area contributed by atoms with Gasteiger partial charge in [0.25, 0.3) is 5.91 Å². The predicted molar refractivity (Wildman–Crippen MR) is 108 cm³/mol. The number of nitrogens with zero attached hydrogens (tertiary/aromatic N) is 4. The number of hydrogen-bond acceptors (Lipinski definition) is 6. The average molecular weight is 418 g/mol. The maximum Gasteiger partial charge on any atom is 0.255 e.